The largest absolute Gasteiger partial charge is 0.524 e. The summed E-state index contributed by atoms with van der Waals surface area (Å²) in [6.45, 7) is 0. The van der Waals surface area contributed by atoms with Crippen molar-refractivity contribution in [3.05, 3.63) is 29.8 Å². The third kappa shape index (κ3) is 5.48. The zero-order chi connectivity index (χ0) is 11.7. The number of hydrogen-bond donors (Lipinski definition) is 2. The number of rotatable bonds is 3. The smallest absolute Gasteiger partial charge is 0.404 e. The van der Waals surface area contributed by atoms with E-state index in [4.69, 9.17) is 9.79 Å². The topological polar surface area (TPSA) is 66.8 Å². The van der Waals surface area contributed by atoms with Crippen molar-refractivity contribution < 1.29 is 18.9 Å². The van der Waals surface area contributed by atoms with Gasteiger partial charge in [0.2, 0.25) is 0 Å². The fourth-order valence-electron chi connectivity index (χ4n) is 0.842. The third-order valence-corrected chi connectivity index (χ3v) is 3.72. The second kappa shape index (κ2) is 5.34. The highest BCUT2D eigenvalue weighted by Gasteiger charge is 2.21. The van der Waals surface area contributed by atoms with Crippen LogP contribution in [-0.4, -0.2) is 9.79 Å². The Morgan fingerprint density at radius 3 is 1.93 bits per heavy atom. The molecule has 0 aromatic heterocycles. The molecule has 0 fully saturated rings. The van der Waals surface area contributed by atoms with Crippen molar-refractivity contribution in [3.8, 4) is 5.75 Å². The maximum Gasteiger partial charge on any atom is 0.524 e. The van der Waals surface area contributed by atoms with Gasteiger partial charge in [0, 0.05) is 0 Å². The van der Waals surface area contributed by atoms with E-state index in [1.54, 1.807) is 24.3 Å². The van der Waals surface area contributed by atoms with E-state index in [1.807, 2.05) is 0 Å². The second-order valence-electron chi connectivity index (χ2n) is 2.60. The molecule has 0 heterocycles. The zero-order valence-electron chi connectivity index (χ0n) is 7.10. The lowest BCUT2D eigenvalue weighted by atomic mass is 10.2. The molecule has 0 aliphatic rings. The Balaban J connectivity index is 2.87. The minimum Gasteiger partial charge on any atom is -0.404 e. The lowest BCUT2D eigenvalue weighted by Crippen LogP contribution is -1.97. The van der Waals surface area contributed by atoms with Gasteiger partial charge in [-0.1, -0.05) is 12.1 Å². The van der Waals surface area contributed by atoms with Gasteiger partial charge in [-0.25, -0.2) is 4.57 Å². The summed E-state index contributed by atoms with van der Waals surface area (Å²) in [5, 5.41) is 0. The van der Waals surface area contributed by atoms with Crippen molar-refractivity contribution >= 4 is 75.6 Å². The van der Waals surface area contributed by atoms with Crippen molar-refractivity contribution in [2.24, 2.45) is 0 Å². The van der Waals surface area contributed by atoms with Crippen molar-refractivity contribution in [3.63, 3.8) is 0 Å². The molecule has 0 saturated heterocycles. The normalized spacial score (nSPS) is 12.6. The molecule has 4 nitrogen and oxygen atoms in total. The average molecular weight is 566 g/mol. The molecule has 2 N–H and O–H groups in total. The molecule has 8 heteroatoms. The van der Waals surface area contributed by atoms with Crippen LogP contribution in [0.3, 0.4) is 0 Å². The molecule has 0 aliphatic heterocycles. The summed E-state index contributed by atoms with van der Waals surface area (Å²) >= 11 is 6.78. The first kappa shape index (κ1) is 14.4. The van der Waals surface area contributed by atoms with Gasteiger partial charge in [-0.05, 0) is 85.5 Å². The lowest BCUT2D eigenvalue weighted by Gasteiger charge is -2.13. The van der Waals surface area contributed by atoms with Gasteiger partial charge in [0.15, 0.2) is 0 Å². The predicted molar refractivity (Wildman–Crippen MR) is 82.9 cm³/mol. The standard InChI is InChI=1S/C7H6I3O4P/c8-7(9,10)5-1-3-6(4-2-5)14-15(11,12)13/h1-4H,(H2,11,12,13). The summed E-state index contributed by atoms with van der Waals surface area (Å²) < 4.78 is 14.9. The van der Waals surface area contributed by atoms with Gasteiger partial charge in [0.1, 0.15) is 5.18 Å². The van der Waals surface area contributed by atoms with E-state index in [2.05, 4.69) is 72.3 Å². The van der Waals surface area contributed by atoms with Crippen LogP contribution in [0.15, 0.2) is 24.3 Å². The molecule has 1 aromatic carbocycles. The maximum atomic E-state index is 10.6. The molecule has 0 unspecified atom stereocenters. The van der Waals surface area contributed by atoms with Crippen LogP contribution in [-0.2, 0) is 4.00 Å². The number of phosphoric ester groups is 1. The van der Waals surface area contributed by atoms with Crippen LogP contribution in [0.1, 0.15) is 5.56 Å². The third-order valence-electron chi connectivity index (χ3n) is 1.41. The van der Waals surface area contributed by atoms with Crippen molar-refractivity contribution in [2.45, 2.75) is -0.565 Å². The summed E-state index contributed by atoms with van der Waals surface area (Å²) in [5.41, 5.74) is 1.04. The zero-order valence-corrected chi connectivity index (χ0v) is 14.5. The van der Waals surface area contributed by atoms with E-state index in [0.29, 0.717) is 0 Å². The van der Waals surface area contributed by atoms with E-state index in [-0.39, 0.29) is 5.18 Å². The molecule has 0 bridgehead atoms. The number of halogens is 3. The summed E-state index contributed by atoms with van der Waals surface area (Å²) in [7, 11) is -4.45. The Morgan fingerprint density at radius 2 is 1.60 bits per heavy atom. The maximum absolute atomic E-state index is 10.6. The van der Waals surface area contributed by atoms with Gasteiger partial charge in [-0.2, -0.15) is 0 Å². The van der Waals surface area contributed by atoms with Crippen LogP contribution in [0.4, 0.5) is 0 Å². The first-order valence-electron chi connectivity index (χ1n) is 3.61. The minimum atomic E-state index is -4.45. The first-order chi connectivity index (χ1) is 6.68. The van der Waals surface area contributed by atoms with Crippen LogP contribution in [0.5, 0.6) is 5.75 Å². The van der Waals surface area contributed by atoms with E-state index in [0.717, 1.165) is 5.56 Å². The molecule has 15 heavy (non-hydrogen) atoms. The molecule has 0 saturated carbocycles. The number of phosphoric acid groups is 1. The highest BCUT2D eigenvalue weighted by molar-refractivity contribution is 14.3. The van der Waals surface area contributed by atoms with E-state index < -0.39 is 7.82 Å². The quantitative estimate of drug-likeness (QED) is 0.334. The van der Waals surface area contributed by atoms with Crippen molar-refractivity contribution in [2.75, 3.05) is 0 Å². The van der Waals surface area contributed by atoms with Gasteiger partial charge in [0.25, 0.3) is 0 Å². The van der Waals surface area contributed by atoms with E-state index in [1.165, 1.54) is 0 Å². The predicted octanol–water partition coefficient (Wildman–Crippen LogP) is 3.57. The SMILES string of the molecule is O=P(O)(O)Oc1ccc(C(I)(I)I)cc1. The molecule has 0 spiro atoms. The first-order valence-corrected chi connectivity index (χ1v) is 8.37. The van der Waals surface area contributed by atoms with Crippen molar-refractivity contribution in [1.82, 2.24) is 0 Å². The summed E-state index contributed by atoms with van der Waals surface area (Å²) in [4.78, 5) is 17.2. The van der Waals surface area contributed by atoms with Gasteiger partial charge >= 0.3 is 7.82 Å². The Hall–Kier alpha value is 1.36. The van der Waals surface area contributed by atoms with E-state index in [9.17, 15) is 4.57 Å². The van der Waals surface area contributed by atoms with Crippen LogP contribution in [0, 0.1) is 0 Å². The fraction of sp³-hybridized carbons (Fsp3) is 0.143. The molecule has 84 valence electrons. The van der Waals surface area contributed by atoms with Gasteiger partial charge in [0.05, 0.1) is 0 Å². The lowest BCUT2D eigenvalue weighted by molar-refractivity contribution is 0.283. The molecule has 0 aliphatic carbocycles. The van der Waals surface area contributed by atoms with Crippen LogP contribution in [0.2, 0.25) is 0 Å². The van der Waals surface area contributed by atoms with Crippen molar-refractivity contribution in [1.29, 1.82) is 0 Å². The molecule has 0 radical (unpaired) electrons. The summed E-state index contributed by atoms with van der Waals surface area (Å²) in [5.74, 6) is 0.167. The number of alkyl halides is 3. The molecule has 0 atom stereocenters. The Bertz CT molecular complexity index is 380. The molecule has 0 amide bonds. The van der Waals surface area contributed by atoms with Crippen LogP contribution >= 0.6 is 75.6 Å². The molecular formula is C7H6I3O4P. The summed E-state index contributed by atoms with van der Waals surface area (Å²) in [6, 6.07) is 6.63. The molecule has 1 rings (SSSR count). The number of benzene rings is 1. The van der Waals surface area contributed by atoms with E-state index >= 15 is 0 Å². The van der Waals surface area contributed by atoms with Gasteiger partial charge in [-0.3, -0.25) is 9.79 Å². The van der Waals surface area contributed by atoms with Gasteiger partial charge in [-0.15, -0.1) is 0 Å². The number of hydrogen-bond acceptors (Lipinski definition) is 2. The van der Waals surface area contributed by atoms with Gasteiger partial charge < -0.3 is 4.52 Å². The monoisotopic (exact) mass is 566 g/mol. The molecule has 1 aromatic rings. The molecular weight excluding hydrogens is 560 g/mol. The highest BCUT2D eigenvalue weighted by atomic mass is 127. The second-order valence-corrected chi connectivity index (χ2v) is 14.8. The van der Waals surface area contributed by atoms with Crippen LogP contribution < -0.4 is 4.52 Å². The Kier molecular flexibility index (Phi) is 5.13. The summed E-state index contributed by atoms with van der Waals surface area (Å²) in [6.07, 6.45) is 0. The Morgan fingerprint density at radius 1 is 1.13 bits per heavy atom. The minimum absolute atomic E-state index is 0.0755. The fourth-order valence-corrected chi connectivity index (χ4v) is 2.32. The Labute approximate surface area is 128 Å². The highest BCUT2D eigenvalue weighted by Crippen LogP contribution is 2.46. The average Bonchev–Trinajstić information content (AvgIpc) is 2.00. The van der Waals surface area contributed by atoms with Crippen LogP contribution in [0.25, 0.3) is 0 Å².